The van der Waals surface area contributed by atoms with Gasteiger partial charge in [-0.3, -0.25) is 4.79 Å². The number of aromatic nitrogens is 2. The molecular weight excluding hydrogens is 328 g/mol. The minimum Gasteiger partial charge on any atom is -0.348 e. The van der Waals surface area contributed by atoms with E-state index in [4.69, 9.17) is 4.52 Å². The Kier molecular flexibility index (Phi) is 4.47. The van der Waals surface area contributed by atoms with Crippen molar-refractivity contribution in [3.8, 4) is 0 Å². The molecule has 2 aromatic rings. The van der Waals surface area contributed by atoms with Gasteiger partial charge in [0.2, 0.25) is 0 Å². The summed E-state index contributed by atoms with van der Waals surface area (Å²) in [6, 6.07) is 2.14. The van der Waals surface area contributed by atoms with Crippen LogP contribution < -0.4 is 10.6 Å². The van der Waals surface area contributed by atoms with Crippen LogP contribution in [0.3, 0.4) is 0 Å². The van der Waals surface area contributed by atoms with Gasteiger partial charge in [-0.2, -0.15) is 0 Å². The van der Waals surface area contributed by atoms with Gasteiger partial charge >= 0.3 is 0 Å². The molecular formula is C20H28N4O2. The molecule has 6 nitrogen and oxygen atoms in total. The third-order valence-electron chi connectivity index (χ3n) is 5.11. The van der Waals surface area contributed by atoms with Crippen LogP contribution in [0.25, 0.3) is 11.1 Å². The van der Waals surface area contributed by atoms with Crippen LogP contribution in [-0.2, 0) is 6.42 Å². The molecule has 140 valence electrons. The van der Waals surface area contributed by atoms with E-state index in [2.05, 4.69) is 41.5 Å². The molecule has 0 bridgehead atoms. The fraction of sp³-hybridized carbons (Fsp3) is 0.650. The van der Waals surface area contributed by atoms with Crippen LogP contribution in [0, 0.1) is 5.41 Å². The van der Waals surface area contributed by atoms with Crippen molar-refractivity contribution in [1.29, 1.82) is 0 Å². The van der Waals surface area contributed by atoms with Crippen molar-refractivity contribution in [2.75, 3.05) is 13.1 Å². The van der Waals surface area contributed by atoms with Crippen LogP contribution in [0.15, 0.2) is 10.6 Å². The van der Waals surface area contributed by atoms with E-state index in [9.17, 15) is 4.79 Å². The van der Waals surface area contributed by atoms with Crippen LogP contribution in [0.5, 0.6) is 0 Å². The molecule has 1 saturated heterocycles. The summed E-state index contributed by atoms with van der Waals surface area (Å²) in [6.07, 6.45) is 5.12. The Morgan fingerprint density at radius 1 is 1.35 bits per heavy atom. The summed E-state index contributed by atoms with van der Waals surface area (Å²) in [5.74, 6) is 0.421. The molecule has 26 heavy (non-hydrogen) atoms. The van der Waals surface area contributed by atoms with Gasteiger partial charge in [-0.25, -0.2) is 4.98 Å². The lowest BCUT2D eigenvalue weighted by molar-refractivity contribution is 0.0932. The molecule has 4 rings (SSSR count). The summed E-state index contributed by atoms with van der Waals surface area (Å²) >= 11 is 0. The Hall–Kier alpha value is -1.95. The maximum atomic E-state index is 13.1. The molecule has 3 heterocycles. The normalized spacial score (nSPS) is 21.1. The first kappa shape index (κ1) is 17.5. The van der Waals surface area contributed by atoms with Crippen molar-refractivity contribution in [3.05, 3.63) is 23.0 Å². The fourth-order valence-electron chi connectivity index (χ4n) is 3.66. The zero-order chi connectivity index (χ0) is 18.3. The molecule has 1 aliphatic heterocycles. The average molecular weight is 356 g/mol. The molecule has 0 radical (unpaired) electrons. The standard InChI is InChI=1S/C20H28N4O2/c1-20(2,3)10-16-17-14(18(25)22-13-5-4-8-21-11-13)9-15(12-6-7-12)23-19(17)26-24-16/h9,12-13,21H,4-8,10-11H2,1-3H3,(H,22,25). The lowest BCUT2D eigenvalue weighted by atomic mass is 9.89. The summed E-state index contributed by atoms with van der Waals surface area (Å²) in [5.41, 5.74) is 3.01. The molecule has 1 atom stereocenters. The first-order chi connectivity index (χ1) is 12.4. The first-order valence-electron chi connectivity index (χ1n) is 9.71. The maximum Gasteiger partial charge on any atom is 0.259 e. The van der Waals surface area contributed by atoms with E-state index in [1.54, 1.807) is 0 Å². The molecule has 2 aromatic heterocycles. The van der Waals surface area contributed by atoms with Gasteiger partial charge in [-0.05, 0) is 50.1 Å². The molecule has 1 amide bonds. The monoisotopic (exact) mass is 356 g/mol. The predicted molar refractivity (Wildman–Crippen MR) is 100 cm³/mol. The van der Waals surface area contributed by atoms with Crippen molar-refractivity contribution in [2.45, 2.75) is 64.8 Å². The number of hydrogen-bond donors (Lipinski definition) is 2. The van der Waals surface area contributed by atoms with Crippen molar-refractivity contribution < 1.29 is 9.32 Å². The largest absolute Gasteiger partial charge is 0.348 e. The van der Waals surface area contributed by atoms with Crippen LogP contribution >= 0.6 is 0 Å². The minimum atomic E-state index is -0.0358. The number of rotatable bonds is 4. The fourth-order valence-corrected chi connectivity index (χ4v) is 3.66. The van der Waals surface area contributed by atoms with Crippen LogP contribution in [-0.4, -0.2) is 35.2 Å². The summed E-state index contributed by atoms with van der Waals surface area (Å²) < 4.78 is 5.54. The van der Waals surface area contributed by atoms with E-state index in [1.165, 1.54) is 0 Å². The molecule has 1 saturated carbocycles. The zero-order valence-electron chi connectivity index (χ0n) is 15.9. The van der Waals surface area contributed by atoms with Crippen LogP contribution in [0.4, 0.5) is 0 Å². The predicted octanol–water partition coefficient (Wildman–Crippen LogP) is 3.17. The van der Waals surface area contributed by atoms with E-state index < -0.39 is 0 Å². The number of nitrogens with zero attached hydrogens (tertiary/aromatic N) is 2. The number of pyridine rings is 1. The molecule has 2 fully saturated rings. The minimum absolute atomic E-state index is 0.0358. The summed E-state index contributed by atoms with van der Waals surface area (Å²) in [6.45, 7) is 8.33. The summed E-state index contributed by atoms with van der Waals surface area (Å²) in [7, 11) is 0. The maximum absolute atomic E-state index is 13.1. The Bertz CT molecular complexity index is 811. The SMILES string of the molecule is CC(C)(C)Cc1noc2nc(C3CC3)cc(C(=O)NC3CCCNC3)c12. The van der Waals surface area contributed by atoms with Gasteiger partial charge in [0, 0.05) is 24.2 Å². The molecule has 1 unspecified atom stereocenters. The van der Waals surface area contributed by atoms with Gasteiger partial charge < -0.3 is 15.2 Å². The highest BCUT2D eigenvalue weighted by molar-refractivity contribution is 6.06. The van der Waals surface area contributed by atoms with Crippen LogP contribution in [0.1, 0.15) is 74.1 Å². The number of nitrogens with one attached hydrogen (secondary N) is 2. The topological polar surface area (TPSA) is 80.0 Å². The highest BCUT2D eigenvalue weighted by atomic mass is 16.5. The summed E-state index contributed by atoms with van der Waals surface area (Å²) in [4.78, 5) is 17.8. The second kappa shape index (κ2) is 6.65. The second-order valence-corrected chi connectivity index (χ2v) is 8.93. The third-order valence-corrected chi connectivity index (χ3v) is 5.11. The Balaban J connectivity index is 1.71. The Morgan fingerprint density at radius 3 is 2.81 bits per heavy atom. The van der Waals surface area contributed by atoms with Crippen molar-refractivity contribution >= 4 is 17.0 Å². The molecule has 0 aromatic carbocycles. The average Bonchev–Trinajstić information content (AvgIpc) is 3.37. The van der Waals surface area contributed by atoms with Gasteiger partial charge in [0.05, 0.1) is 16.6 Å². The van der Waals surface area contributed by atoms with Gasteiger partial charge in [0.15, 0.2) is 0 Å². The van der Waals surface area contributed by atoms with Gasteiger partial charge in [0.1, 0.15) is 0 Å². The van der Waals surface area contributed by atoms with Crippen molar-refractivity contribution in [3.63, 3.8) is 0 Å². The van der Waals surface area contributed by atoms with Crippen molar-refractivity contribution in [2.24, 2.45) is 5.41 Å². The molecule has 1 aliphatic carbocycles. The van der Waals surface area contributed by atoms with Gasteiger partial charge in [-0.1, -0.05) is 25.9 Å². The number of hydrogen-bond acceptors (Lipinski definition) is 5. The van der Waals surface area contributed by atoms with E-state index in [0.29, 0.717) is 17.2 Å². The highest BCUT2D eigenvalue weighted by Crippen LogP contribution is 2.41. The lowest BCUT2D eigenvalue weighted by Crippen LogP contribution is -2.45. The van der Waals surface area contributed by atoms with Crippen molar-refractivity contribution in [1.82, 2.24) is 20.8 Å². The second-order valence-electron chi connectivity index (χ2n) is 8.93. The molecule has 2 aliphatic rings. The molecule has 6 heteroatoms. The van der Waals surface area contributed by atoms with Gasteiger partial charge in [-0.15, -0.1) is 0 Å². The number of piperidine rings is 1. The van der Waals surface area contributed by atoms with E-state index in [0.717, 1.165) is 62.0 Å². The third kappa shape index (κ3) is 3.75. The zero-order valence-corrected chi connectivity index (χ0v) is 15.9. The smallest absolute Gasteiger partial charge is 0.259 e. The van der Waals surface area contributed by atoms with E-state index >= 15 is 0 Å². The quantitative estimate of drug-likeness (QED) is 0.879. The lowest BCUT2D eigenvalue weighted by Gasteiger charge is -2.24. The highest BCUT2D eigenvalue weighted by Gasteiger charge is 2.30. The van der Waals surface area contributed by atoms with Crippen LogP contribution in [0.2, 0.25) is 0 Å². The number of fused-ring (bicyclic) bond motifs is 1. The van der Waals surface area contributed by atoms with E-state index in [-0.39, 0.29) is 17.4 Å². The number of carbonyl (C=O) groups excluding carboxylic acids is 1. The number of amides is 1. The number of carbonyl (C=O) groups is 1. The van der Waals surface area contributed by atoms with Gasteiger partial charge in [0.25, 0.3) is 11.6 Å². The summed E-state index contributed by atoms with van der Waals surface area (Å²) in [5, 5.41) is 11.6. The Labute approximate surface area is 154 Å². The molecule has 2 N–H and O–H groups in total. The first-order valence-corrected chi connectivity index (χ1v) is 9.71. The van der Waals surface area contributed by atoms with E-state index in [1.807, 2.05) is 6.07 Å². The molecule has 0 spiro atoms. The Morgan fingerprint density at radius 2 is 2.15 bits per heavy atom.